The van der Waals surface area contributed by atoms with Crippen LogP contribution < -0.4 is 14.2 Å². The van der Waals surface area contributed by atoms with E-state index in [1.165, 1.54) is 91.8 Å². The molecule has 296 valence electrons. The molecule has 5 aromatic rings. The average Bonchev–Trinajstić information content (AvgIpc) is 3.47. The molecule has 0 radical (unpaired) electrons. The van der Waals surface area contributed by atoms with Crippen molar-refractivity contribution < 1.29 is 14.2 Å². The van der Waals surface area contributed by atoms with Crippen LogP contribution in [0.5, 0.6) is 17.2 Å². The van der Waals surface area contributed by atoms with Crippen molar-refractivity contribution >= 4 is 52.1 Å². The Morgan fingerprint density at radius 1 is 0.667 bits per heavy atom. The summed E-state index contributed by atoms with van der Waals surface area (Å²) in [5, 5.41) is 3.18. The molecule has 2 fully saturated rings. The maximum atomic E-state index is 7.86. The maximum absolute atomic E-state index is 7.86. The van der Waals surface area contributed by atoms with Crippen molar-refractivity contribution in [2.75, 3.05) is 26.7 Å². The monoisotopic (exact) mass is 812 g/mol. The summed E-state index contributed by atoms with van der Waals surface area (Å²) in [7, 11) is 3.45. The first-order chi connectivity index (χ1) is 27.4. The number of hydrogen-bond donors (Lipinski definition) is 0. The Hall–Kier alpha value is -3.45. The van der Waals surface area contributed by atoms with Gasteiger partial charge in [0.2, 0.25) is 0 Å². The molecule has 0 bridgehead atoms. The Balaban J connectivity index is 1.38. The highest BCUT2D eigenvalue weighted by molar-refractivity contribution is 8.02. The van der Waals surface area contributed by atoms with E-state index in [1.54, 1.807) is 14.2 Å². The zero-order valence-corrected chi connectivity index (χ0v) is 37.3. The van der Waals surface area contributed by atoms with Crippen molar-refractivity contribution in [1.29, 1.82) is 0 Å². The van der Waals surface area contributed by atoms with Gasteiger partial charge in [-0.15, -0.1) is 35.3 Å². The van der Waals surface area contributed by atoms with Crippen molar-refractivity contribution in [2.24, 2.45) is 10.8 Å². The molecule has 57 heavy (non-hydrogen) atoms. The predicted octanol–water partition coefficient (Wildman–Crippen LogP) is 14.6. The zero-order valence-electron chi connectivity index (χ0n) is 34.8. The summed E-state index contributed by atoms with van der Waals surface area (Å²) in [5.41, 5.74) is 8.42. The van der Waals surface area contributed by atoms with E-state index in [2.05, 4.69) is 143 Å². The molecule has 0 N–H and O–H groups in total. The third kappa shape index (κ3) is 6.61. The molecule has 6 heteroatoms. The van der Waals surface area contributed by atoms with Crippen LogP contribution in [0.4, 0.5) is 0 Å². The quantitative estimate of drug-likeness (QED) is 0.145. The van der Waals surface area contributed by atoms with E-state index in [1.807, 2.05) is 23.5 Å². The van der Waals surface area contributed by atoms with Crippen LogP contribution in [0, 0.1) is 10.8 Å². The molecule has 3 nitrogen and oxygen atoms in total. The minimum Gasteiger partial charge on any atom is -0.497 e. The number of hydrogen-bond acceptors (Lipinski definition) is 6. The average molecular weight is 813 g/mol. The molecule has 0 atom stereocenters. The minimum atomic E-state index is -0.877. The molecule has 3 aliphatic carbocycles. The van der Waals surface area contributed by atoms with Gasteiger partial charge in [-0.3, -0.25) is 0 Å². The van der Waals surface area contributed by atoms with Crippen molar-refractivity contribution in [3.8, 4) is 28.4 Å². The molecule has 9 rings (SSSR count). The van der Waals surface area contributed by atoms with Gasteiger partial charge in [0.25, 0.3) is 0 Å². The smallest absolute Gasteiger partial charge is 0.178 e. The van der Waals surface area contributed by atoms with Crippen molar-refractivity contribution in [3.05, 3.63) is 113 Å². The van der Waals surface area contributed by atoms with Crippen LogP contribution in [0.25, 0.3) is 28.0 Å². The second-order valence-corrected chi connectivity index (χ2v) is 21.5. The van der Waals surface area contributed by atoms with Crippen LogP contribution in [0.15, 0.2) is 99.6 Å². The van der Waals surface area contributed by atoms with Gasteiger partial charge in [0.1, 0.15) is 17.2 Å². The maximum Gasteiger partial charge on any atom is 0.178 e. The Bertz CT molecular complexity index is 2300. The SMILES string of the molecule is COc1ccc(C2(c3ccc(OC)cc3)C=Cc3c4c(c5cc(SC6CCCCC6)c(SC)cc5c3O2)-c2ccc(SC)cc2C42CC(C)(C)CC(C)(C)C2)cc1. The van der Waals surface area contributed by atoms with Gasteiger partial charge >= 0.3 is 0 Å². The highest BCUT2D eigenvalue weighted by atomic mass is 32.2. The fourth-order valence-electron chi connectivity index (χ4n) is 11.6. The normalized spacial score (nSPS) is 19.8. The topological polar surface area (TPSA) is 27.7 Å². The Kier molecular flexibility index (Phi) is 10.0. The highest BCUT2D eigenvalue weighted by Crippen LogP contribution is 2.67. The first-order valence-electron chi connectivity index (χ1n) is 20.7. The van der Waals surface area contributed by atoms with Gasteiger partial charge in [0.05, 0.1) is 14.2 Å². The van der Waals surface area contributed by atoms with E-state index >= 15 is 0 Å². The second-order valence-electron chi connectivity index (χ2n) is 18.4. The standard InChI is InChI=1S/C51H56O3S3/c1-48(2)29-49(3,4)31-50(30-48)42-26-37(55-7)22-23-38(42)45-40-27-44(57-36-12-10-9-11-13-36)43(56-8)28-41(40)47-39(46(45)50)24-25-51(54-47,32-14-18-34(52-5)19-15-32)33-16-20-35(53-6)21-17-33/h14-28,36H,9-13,29-31H2,1-8H3. The fourth-order valence-corrected chi connectivity index (χ4v) is 14.2. The number of thioether (sulfide) groups is 3. The molecular weight excluding hydrogens is 757 g/mol. The van der Waals surface area contributed by atoms with Gasteiger partial charge in [-0.05, 0) is 138 Å². The van der Waals surface area contributed by atoms with E-state index in [0.29, 0.717) is 5.25 Å². The van der Waals surface area contributed by atoms with Crippen molar-refractivity contribution in [2.45, 2.75) is 110 Å². The molecule has 0 amide bonds. The Morgan fingerprint density at radius 2 is 1.28 bits per heavy atom. The highest BCUT2D eigenvalue weighted by Gasteiger charge is 2.55. The van der Waals surface area contributed by atoms with Crippen molar-refractivity contribution in [1.82, 2.24) is 0 Å². The van der Waals surface area contributed by atoms with Crippen LogP contribution in [0.1, 0.15) is 107 Å². The summed E-state index contributed by atoms with van der Waals surface area (Å²) in [6, 6.07) is 29.3. The van der Waals surface area contributed by atoms with Crippen LogP contribution >= 0.6 is 35.3 Å². The number of methoxy groups -OCH3 is 2. The van der Waals surface area contributed by atoms with E-state index in [4.69, 9.17) is 14.2 Å². The summed E-state index contributed by atoms with van der Waals surface area (Å²) >= 11 is 5.85. The van der Waals surface area contributed by atoms with E-state index < -0.39 is 5.60 Å². The second kappa shape index (κ2) is 14.7. The molecular formula is C51H56O3S3. The lowest BCUT2D eigenvalue weighted by molar-refractivity contribution is 0.0641. The molecule has 1 aliphatic heterocycles. The molecule has 1 spiro atoms. The number of benzene rings is 5. The molecule has 0 aromatic heterocycles. The van der Waals surface area contributed by atoms with Gasteiger partial charge in [-0.1, -0.05) is 83.4 Å². The number of fused-ring (bicyclic) bond motifs is 10. The first kappa shape index (κ1) is 39.0. The summed E-state index contributed by atoms with van der Waals surface area (Å²) in [4.78, 5) is 4.09. The summed E-state index contributed by atoms with van der Waals surface area (Å²) in [6.45, 7) is 10.0. The lowest BCUT2D eigenvalue weighted by Crippen LogP contribution is -2.44. The van der Waals surface area contributed by atoms with Crippen LogP contribution in [0.3, 0.4) is 0 Å². The van der Waals surface area contributed by atoms with E-state index in [0.717, 1.165) is 41.2 Å². The van der Waals surface area contributed by atoms with Crippen molar-refractivity contribution in [3.63, 3.8) is 0 Å². The summed E-state index contributed by atoms with van der Waals surface area (Å²) in [5.74, 6) is 2.64. The van der Waals surface area contributed by atoms with Gasteiger partial charge in [0.15, 0.2) is 5.60 Å². The lowest BCUT2D eigenvalue weighted by atomic mass is 9.52. The number of rotatable bonds is 8. The van der Waals surface area contributed by atoms with Gasteiger partial charge in [0, 0.05) is 47.4 Å². The Labute approximate surface area is 353 Å². The molecule has 0 unspecified atom stereocenters. The van der Waals surface area contributed by atoms with E-state index in [9.17, 15) is 0 Å². The van der Waals surface area contributed by atoms with Crippen LogP contribution in [-0.2, 0) is 11.0 Å². The largest absolute Gasteiger partial charge is 0.497 e. The molecule has 0 saturated heterocycles. The summed E-state index contributed by atoms with van der Waals surface area (Å²) < 4.78 is 19.1. The van der Waals surface area contributed by atoms with Gasteiger partial charge in [-0.2, -0.15) is 0 Å². The van der Waals surface area contributed by atoms with Gasteiger partial charge in [-0.25, -0.2) is 0 Å². The van der Waals surface area contributed by atoms with Gasteiger partial charge < -0.3 is 14.2 Å². The van der Waals surface area contributed by atoms with E-state index in [-0.39, 0.29) is 16.2 Å². The molecule has 4 aliphatic rings. The number of ether oxygens (including phenoxy) is 3. The lowest BCUT2D eigenvalue weighted by Gasteiger charge is -2.52. The Morgan fingerprint density at radius 3 is 1.86 bits per heavy atom. The minimum absolute atomic E-state index is 0.151. The first-order valence-corrected chi connectivity index (χ1v) is 24.0. The van der Waals surface area contributed by atoms with Crippen LogP contribution in [-0.4, -0.2) is 32.0 Å². The third-order valence-electron chi connectivity index (χ3n) is 13.2. The third-order valence-corrected chi connectivity index (χ3v) is 16.2. The molecule has 1 heterocycles. The zero-order chi connectivity index (χ0) is 39.7. The molecule has 5 aromatic carbocycles. The molecule has 2 saturated carbocycles. The predicted molar refractivity (Wildman–Crippen MR) is 244 cm³/mol. The summed E-state index contributed by atoms with van der Waals surface area (Å²) in [6.07, 6.45) is 19.3. The van der Waals surface area contributed by atoms with Crippen LogP contribution in [0.2, 0.25) is 0 Å². The fraction of sp³-hybridized carbons (Fsp3) is 0.412.